The van der Waals surface area contributed by atoms with E-state index in [1.54, 1.807) is 41.5 Å². The van der Waals surface area contributed by atoms with Crippen LogP contribution in [0.15, 0.2) is 24.3 Å². The van der Waals surface area contributed by atoms with Gasteiger partial charge in [-0.2, -0.15) is 13.2 Å². The average molecular weight is 925 g/mol. The molecule has 64 heavy (non-hydrogen) atoms. The Hall–Kier alpha value is -4.63. The number of alkyl carbamates (subject to hydrolysis) is 2. The number of amides is 4. The lowest BCUT2D eigenvalue weighted by Gasteiger charge is -2.50. The number of nitrogens with zero attached hydrogens (tertiary/aromatic N) is 3. The summed E-state index contributed by atoms with van der Waals surface area (Å²) < 4.78 is 80.8. The number of non-ortho nitro benzene ring substituents is 1. The predicted octanol–water partition coefficient (Wildman–Crippen LogP) is 2.13. The first-order valence-corrected chi connectivity index (χ1v) is 20.3. The minimum absolute atomic E-state index is 0.0640. The fourth-order valence-corrected chi connectivity index (χ4v) is 7.42. The summed E-state index contributed by atoms with van der Waals surface area (Å²) in [5.74, 6) is -2.37. The molecular formula is C39H59F3N6O16. The summed E-state index contributed by atoms with van der Waals surface area (Å²) in [6, 6.07) is -0.107. The molecule has 7 N–H and O–H groups in total. The van der Waals surface area contributed by atoms with E-state index in [0.29, 0.717) is 5.56 Å². The standard InChI is InChI=1S/C39H59F3N6O16/c1-36(2,3)63-33(52)44-22-14-15-24(46(8)35(54)58-17-19-10-12-20(13-11-19)48(56)57)60-30(22)62-28-23(45-34(53)64-37(4,5)6)16-21(43)27(25(28)49)61-31-26(50)29(38(7,55)18-59-31)47(9)32(51)39(40,41)42/h10-13,21-31,49-50,55H,14-18,43H2,1-9H3,(H,44,52)(H,45,53)/t21-,22-,23+,24+,25-,26-,27+,28-,29-,30+,31-,38+/m1/s1. The number of benzene rings is 1. The van der Waals surface area contributed by atoms with Crippen molar-refractivity contribution in [3.05, 3.63) is 39.9 Å². The first-order chi connectivity index (χ1) is 29.4. The molecule has 362 valence electrons. The van der Waals surface area contributed by atoms with Gasteiger partial charge < -0.3 is 69.7 Å². The van der Waals surface area contributed by atoms with Crippen molar-refractivity contribution in [2.24, 2.45) is 5.73 Å². The number of nitrogens with one attached hydrogen (secondary N) is 2. The Morgan fingerprint density at radius 2 is 1.44 bits per heavy atom. The Bertz CT molecular complexity index is 1810. The van der Waals surface area contributed by atoms with Crippen LogP contribution in [-0.4, -0.2) is 165 Å². The minimum atomic E-state index is -5.37. The molecule has 12 atom stereocenters. The van der Waals surface area contributed by atoms with Crippen molar-refractivity contribution in [3.8, 4) is 0 Å². The van der Waals surface area contributed by atoms with Gasteiger partial charge in [0, 0.05) is 32.3 Å². The van der Waals surface area contributed by atoms with E-state index in [-0.39, 0.29) is 36.5 Å². The molecule has 3 fully saturated rings. The molecule has 2 saturated heterocycles. The van der Waals surface area contributed by atoms with Crippen molar-refractivity contribution in [2.75, 3.05) is 20.7 Å². The molecule has 1 aromatic rings. The van der Waals surface area contributed by atoms with E-state index in [0.717, 1.165) is 18.9 Å². The van der Waals surface area contributed by atoms with Crippen LogP contribution in [0.2, 0.25) is 0 Å². The van der Waals surface area contributed by atoms with Crippen LogP contribution in [0.25, 0.3) is 0 Å². The van der Waals surface area contributed by atoms with E-state index in [2.05, 4.69) is 10.6 Å². The summed E-state index contributed by atoms with van der Waals surface area (Å²) >= 11 is 0. The maximum atomic E-state index is 13.5. The molecule has 0 bridgehead atoms. The van der Waals surface area contributed by atoms with Crippen LogP contribution in [0.1, 0.15) is 73.3 Å². The SMILES string of the molecule is CN(C(=O)OCc1ccc([N+](=O)[O-])cc1)[C@@H]1CC[C@@H](NC(=O)OC(C)(C)C)[C@H](O[C@H]2[C@H](O)[C@@H](O[C@H]3OC[C@](C)(O)[C@H](N(C)C(=O)C(F)(F)F)[C@H]3O)[C@H](N)C[C@@H]2NC(=O)OC(C)(C)C)O1. The molecule has 1 aromatic carbocycles. The van der Waals surface area contributed by atoms with Crippen molar-refractivity contribution in [2.45, 2.75) is 165 Å². The first-order valence-electron chi connectivity index (χ1n) is 20.3. The Labute approximate surface area is 366 Å². The largest absolute Gasteiger partial charge is 0.471 e. The van der Waals surface area contributed by atoms with Crippen molar-refractivity contribution >= 4 is 29.9 Å². The number of aliphatic hydroxyl groups is 3. The number of carbonyl (C=O) groups is 4. The number of nitrogens with two attached hydrogens (primary N) is 1. The fraction of sp³-hybridized carbons (Fsp3) is 0.744. The van der Waals surface area contributed by atoms with E-state index >= 15 is 0 Å². The summed E-state index contributed by atoms with van der Waals surface area (Å²) in [5.41, 5.74) is 2.61. The Morgan fingerprint density at radius 3 is 1.97 bits per heavy atom. The number of ether oxygens (including phenoxy) is 7. The number of aliphatic hydroxyl groups excluding tert-OH is 2. The predicted molar refractivity (Wildman–Crippen MR) is 213 cm³/mol. The smallest absolute Gasteiger partial charge is 0.444 e. The number of hydrogen-bond donors (Lipinski definition) is 6. The van der Waals surface area contributed by atoms with Crippen LogP contribution in [0, 0.1) is 10.1 Å². The number of nitro benzene ring substituents is 1. The molecule has 4 rings (SSSR count). The first kappa shape index (κ1) is 52.0. The third kappa shape index (κ3) is 13.7. The van der Waals surface area contributed by atoms with Gasteiger partial charge in [-0.1, -0.05) is 0 Å². The van der Waals surface area contributed by atoms with Crippen molar-refractivity contribution in [1.82, 2.24) is 20.4 Å². The van der Waals surface area contributed by atoms with Crippen LogP contribution in [0.5, 0.6) is 0 Å². The molecular weight excluding hydrogens is 865 g/mol. The van der Waals surface area contributed by atoms with Gasteiger partial charge in [-0.25, -0.2) is 14.4 Å². The van der Waals surface area contributed by atoms with E-state index < -0.39 is 126 Å². The number of nitro groups is 1. The highest BCUT2D eigenvalue weighted by Crippen LogP contribution is 2.35. The highest BCUT2D eigenvalue weighted by molar-refractivity contribution is 5.82. The second kappa shape index (κ2) is 20.3. The van der Waals surface area contributed by atoms with Gasteiger partial charge in [0.25, 0.3) is 5.69 Å². The third-order valence-corrected chi connectivity index (χ3v) is 10.3. The van der Waals surface area contributed by atoms with Gasteiger partial charge in [0.05, 0.1) is 29.7 Å². The minimum Gasteiger partial charge on any atom is -0.444 e. The Balaban J connectivity index is 1.63. The highest BCUT2D eigenvalue weighted by atomic mass is 19.4. The second-order valence-corrected chi connectivity index (χ2v) is 18.1. The molecule has 2 heterocycles. The number of carbonyl (C=O) groups excluding carboxylic acids is 4. The number of halogens is 3. The number of hydrogen-bond acceptors (Lipinski definition) is 17. The molecule has 1 saturated carbocycles. The average Bonchev–Trinajstić information content (AvgIpc) is 3.15. The van der Waals surface area contributed by atoms with Gasteiger partial charge in [-0.05, 0) is 85.4 Å². The van der Waals surface area contributed by atoms with Gasteiger partial charge in [-0.15, -0.1) is 0 Å². The molecule has 2 aliphatic heterocycles. The van der Waals surface area contributed by atoms with Gasteiger partial charge in [-0.3, -0.25) is 19.8 Å². The van der Waals surface area contributed by atoms with Crippen LogP contribution in [0.3, 0.4) is 0 Å². The molecule has 0 aromatic heterocycles. The number of alkyl halides is 3. The quantitative estimate of drug-likeness (QED) is 0.105. The zero-order valence-electron chi connectivity index (χ0n) is 36.9. The maximum absolute atomic E-state index is 13.5. The molecule has 4 amide bonds. The molecule has 22 nitrogen and oxygen atoms in total. The van der Waals surface area contributed by atoms with E-state index in [1.165, 1.54) is 31.3 Å². The summed E-state index contributed by atoms with van der Waals surface area (Å²) in [6.45, 7) is 9.72. The molecule has 0 unspecified atom stereocenters. The molecule has 1 aliphatic carbocycles. The highest BCUT2D eigenvalue weighted by Gasteiger charge is 2.56. The topological polar surface area (TPSA) is 293 Å². The second-order valence-electron chi connectivity index (χ2n) is 18.1. The van der Waals surface area contributed by atoms with Crippen molar-refractivity contribution in [1.29, 1.82) is 0 Å². The van der Waals surface area contributed by atoms with Gasteiger partial charge in [0.2, 0.25) is 0 Å². The van der Waals surface area contributed by atoms with Gasteiger partial charge in [0.15, 0.2) is 12.6 Å². The summed E-state index contributed by atoms with van der Waals surface area (Å²) in [5, 5.41) is 50.6. The van der Waals surface area contributed by atoms with E-state index in [9.17, 15) is 57.8 Å². The number of likely N-dealkylation sites (N-methyl/N-ethyl adjacent to an activating group) is 1. The summed E-state index contributed by atoms with van der Waals surface area (Å²) in [7, 11) is 2.08. The lowest BCUT2D eigenvalue weighted by Crippen LogP contribution is -2.70. The van der Waals surface area contributed by atoms with Gasteiger partial charge in [0.1, 0.15) is 54.1 Å². The Morgan fingerprint density at radius 1 is 0.891 bits per heavy atom. The van der Waals surface area contributed by atoms with Crippen LogP contribution in [-0.2, 0) is 44.6 Å². The van der Waals surface area contributed by atoms with Crippen LogP contribution >= 0.6 is 0 Å². The monoisotopic (exact) mass is 924 g/mol. The molecule has 25 heteroatoms. The van der Waals surface area contributed by atoms with Gasteiger partial charge >= 0.3 is 30.4 Å². The zero-order valence-corrected chi connectivity index (χ0v) is 36.9. The third-order valence-electron chi connectivity index (χ3n) is 10.3. The van der Waals surface area contributed by atoms with Crippen LogP contribution < -0.4 is 16.4 Å². The zero-order chi connectivity index (χ0) is 48.3. The lowest BCUT2D eigenvalue weighted by atomic mass is 9.83. The molecule has 0 spiro atoms. The van der Waals surface area contributed by atoms with Crippen molar-refractivity contribution in [3.63, 3.8) is 0 Å². The Kier molecular flexibility index (Phi) is 16.5. The molecule has 3 aliphatic rings. The summed E-state index contributed by atoms with van der Waals surface area (Å²) in [6.07, 6.45) is -20.0. The summed E-state index contributed by atoms with van der Waals surface area (Å²) in [4.78, 5) is 63.3. The lowest BCUT2D eigenvalue weighted by molar-refractivity contribution is -0.384. The van der Waals surface area contributed by atoms with E-state index in [4.69, 9.17) is 38.9 Å². The normalized spacial score (nSPS) is 31.2. The number of rotatable bonds is 11. The van der Waals surface area contributed by atoms with Crippen LogP contribution in [0.4, 0.5) is 33.2 Å². The maximum Gasteiger partial charge on any atom is 0.471 e. The van der Waals surface area contributed by atoms with E-state index in [1.807, 2.05) is 0 Å². The molecule has 0 radical (unpaired) electrons. The fourth-order valence-electron chi connectivity index (χ4n) is 7.42. The van der Waals surface area contributed by atoms with Crippen molar-refractivity contribution < 1.29 is 85.8 Å².